The second kappa shape index (κ2) is 10.7. The summed E-state index contributed by atoms with van der Waals surface area (Å²) in [6, 6.07) is 5.12. The van der Waals surface area contributed by atoms with Gasteiger partial charge in [0, 0.05) is 16.4 Å². The van der Waals surface area contributed by atoms with Crippen molar-refractivity contribution in [1.29, 1.82) is 0 Å². The summed E-state index contributed by atoms with van der Waals surface area (Å²) >= 11 is 5.83. The molecule has 2 heterocycles. The van der Waals surface area contributed by atoms with Crippen molar-refractivity contribution >= 4 is 19.3 Å². The van der Waals surface area contributed by atoms with Crippen molar-refractivity contribution in [1.82, 2.24) is 14.6 Å². The Balaban J connectivity index is 1.78. The van der Waals surface area contributed by atoms with Crippen LogP contribution in [0.4, 0.5) is 4.39 Å². The molecule has 0 amide bonds. The zero-order valence-corrected chi connectivity index (χ0v) is 18.4. The number of ether oxygens (including phenoxy) is 1. The number of hydrogen-bond donors (Lipinski definition) is 2. The number of H-pyrrole nitrogens is 1. The normalized spacial score (nSPS) is 21.5. The summed E-state index contributed by atoms with van der Waals surface area (Å²) < 4.78 is 44.2. The molecule has 1 aliphatic heterocycles. The maximum atomic E-state index is 13.7. The molecule has 1 saturated heterocycles. The number of rotatable bonds is 9. The fourth-order valence-corrected chi connectivity index (χ4v) is 4.31. The molecular formula is C18H17ClFN6O6P. The minimum Gasteiger partial charge on any atom is -0.413 e. The average Bonchev–Trinajstić information content (AvgIpc) is 3.18. The minimum absolute atomic E-state index is 0.0381. The highest BCUT2D eigenvalue weighted by Gasteiger charge is 2.39. The molecule has 0 aliphatic carbocycles. The van der Waals surface area contributed by atoms with Crippen LogP contribution in [0.3, 0.4) is 0 Å². The Bertz CT molecular complexity index is 1250. The third-order valence-electron chi connectivity index (χ3n) is 4.46. The highest BCUT2D eigenvalue weighted by molar-refractivity contribution is 7.52. The van der Waals surface area contributed by atoms with Crippen LogP contribution in [0.25, 0.3) is 10.4 Å². The number of nitrogens with one attached hydrogen (secondary N) is 2. The smallest absolute Gasteiger partial charge is 0.413 e. The lowest BCUT2D eigenvalue weighted by molar-refractivity contribution is -0.0244. The quantitative estimate of drug-likeness (QED) is 0.177. The monoisotopic (exact) mass is 498 g/mol. The fourth-order valence-electron chi connectivity index (χ4n) is 2.95. The van der Waals surface area contributed by atoms with E-state index in [4.69, 9.17) is 37.3 Å². The summed E-state index contributed by atoms with van der Waals surface area (Å²) in [7, 11) is -4.01. The molecule has 0 saturated carbocycles. The Morgan fingerprint density at radius 2 is 2.18 bits per heavy atom. The van der Waals surface area contributed by atoms with Crippen molar-refractivity contribution in [3.8, 4) is 18.1 Å². The van der Waals surface area contributed by atoms with Crippen molar-refractivity contribution in [2.45, 2.75) is 24.8 Å². The molecule has 1 aromatic heterocycles. The van der Waals surface area contributed by atoms with Gasteiger partial charge < -0.3 is 9.26 Å². The van der Waals surface area contributed by atoms with Gasteiger partial charge in [-0.1, -0.05) is 22.6 Å². The number of nitrogens with zero attached hydrogens (tertiary/aromatic N) is 4. The molecule has 2 aromatic rings. The first-order valence-electron chi connectivity index (χ1n) is 9.33. The molecule has 174 valence electrons. The molecule has 12 nitrogen and oxygen atoms in total. The molecule has 2 N–H and O–H groups in total. The van der Waals surface area contributed by atoms with Crippen molar-refractivity contribution in [2.24, 2.45) is 5.11 Å². The van der Waals surface area contributed by atoms with Crippen molar-refractivity contribution in [3.63, 3.8) is 0 Å². The first-order valence-corrected chi connectivity index (χ1v) is 11.3. The molecule has 2 unspecified atom stereocenters. The summed E-state index contributed by atoms with van der Waals surface area (Å²) in [6.07, 6.45) is 3.80. The summed E-state index contributed by atoms with van der Waals surface area (Å²) in [5.74, 6) is 1.24. The highest BCUT2D eigenvalue weighted by atomic mass is 35.5. The summed E-state index contributed by atoms with van der Waals surface area (Å²) in [5, 5.41) is 6.52. The molecular weight excluding hydrogens is 482 g/mol. The van der Waals surface area contributed by atoms with E-state index in [0.717, 1.165) is 4.57 Å². The van der Waals surface area contributed by atoms with Gasteiger partial charge in [-0.3, -0.25) is 18.9 Å². The van der Waals surface area contributed by atoms with E-state index in [0.29, 0.717) is 11.2 Å². The largest absolute Gasteiger partial charge is 0.459 e. The Morgan fingerprint density at radius 3 is 2.85 bits per heavy atom. The van der Waals surface area contributed by atoms with Crippen LogP contribution in [-0.2, 0) is 13.8 Å². The molecule has 0 spiro atoms. The Kier molecular flexibility index (Phi) is 7.94. The molecule has 1 aliphatic rings. The van der Waals surface area contributed by atoms with E-state index in [9.17, 15) is 18.5 Å². The van der Waals surface area contributed by atoms with Crippen LogP contribution in [0, 0.1) is 18.2 Å². The third kappa shape index (κ3) is 6.24. The Morgan fingerprint density at radius 1 is 1.45 bits per heavy atom. The predicted molar refractivity (Wildman–Crippen MR) is 115 cm³/mol. The Labute approximate surface area is 190 Å². The van der Waals surface area contributed by atoms with Gasteiger partial charge in [0.15, 0.2) is 0 Å². The topological polar surface area (TPSA) is 160 Å². The number of hydrogen-bond acceptors (Lipinski definition) is 7. The van der Waals surface area contributed by atoms with E-state index >= 15 is 0 Å². The SMILES string of the molecule is C#CCNP(=O)(OC[C@H]1O[C@@H](n2cc(F)c(=O)[nH]c2=O)CC1N=[N+]=[N-])Oc1ccc(Cl)cc1. The fraction of sp³-hybridized carbons (Fsp3) is 0.333. The van der Waals surface area contributed by atoms with Gasteiger partial charge in [0.1, 0.15) is 12.0 Å². The molecule has 4 atom stereocenters. The molecule has 1 fully saturated rings. The Hall–Kier alpha value is -3.10. The first-order chi connectivity index (χ1) is 15.7. The second-order valence-electron chi connectivity index (χ2n) is 6.66. The van der Waals surface area contributed by atoms with Gasteiger partial charge in [0.2, 0.25) is 5.82 Å². The van der Waals surface area contributed by atoms with E-state index in [1.165, 1.54) is 24.3 Å². The lowest BCUT2D eigenvalue weighted by Crippen LogP contribution is -2.34. The number of aromatic nitrogens is 2. The third-order valence-corrected chi connectivity index (χ3v) is 6.20. The van der Waals surface area contributed by atoms with Gasteiger partial charge in [-0.05, 0) is 29.8 Å². The summed E-state index contributed by atoms with van der Waals surface area (Å²) in [4.78, 5) is 27.8. The maximum absolute atomic E-state index is 13.7. The van der Waals surface area contributed by atoms with Gasteiger partial charge in [-0.15, -0.1) is 6.42 Å². The summed E-state index contributed by atoms with van der Waals surface area (Å²) in [5.41, 5.74) is 6.76. The molecule has 0 bridgehead atoms. The van der Waals surface area contributed by atoms with E-state index in [1.54, 1.807) is 0 Å². The van der Waals surface area contributed by atoms with Gasteiger partial charge >= 0.3 is 13.4 Å². The van der Waals surface area contributed by atoms with Gasteiger partial charge in [0.05, 0.1) is 31.5 Å². The number of halogens is 2. The van der Waals surface area contributed by atoms with Crippen LogP contribution < -0.4 is 20.9 Å². The number of azide groups is 1. The molecule has 15 heteroatoms. The minimum atomic E-state index is -4.01. The van der Waals surface area contributed by atoms with Gasteiger partial charge in [-0.2, -0.15) is 4.39 Å². The second-order valence-corrected chi connectivity index (χ2v) is 8.85. The first kappa shape index (κ1) is 24.5. The standard InChI is InChI=1S/C18H17ClFN6O6P/c1-2-7-22-33(29,32-12-5-3-11(19)4-6-12)30-10-15-14(24-25-21)8-16(31-15)26-9-13(20)17(27)23-18(26)28/h1,3-6,9,14-16H,7-8,10H2,(H,22,29)(H,23,27,28)/t14?,15-,16-,33?/m1/s1. The number of benzene rings is 1. The van der Waals surface area contributed by atoms with Crippen molar-refractivity contribution in [3.05, 3.63) is 72.6 Å². The molecule has 33 heavy (non-hydrogen) atoms. The van der Waals surface area contributed by atoms with E-state index in [-0.39, 0.29) is 18.7 Å². The number of aromatic amines is 1. The van der Waals surface area contributed by atoms with E-state index < -0.39 is 49.8 Å². The van der Waals surface area contributed by atoms with Crippen LogP contribution in [0.1, 0.15) is 12.6 Å². The van der Waals surface area contributed by atoms with Crippen LogP contribution >= 0.6 is 19.3 Å². The van der Waals surface area contributed by atoms with Crippen LogP contribution in [0.5, 0.6) is 5.75 Å². The van der Waals surface area contributed by atoms with E-state index in [1.807, 2.05) is 4.98 Å². The van der Waals surface area contributed by atoms with Gasteiger partial charge in [-0.25, -0.2) is 14.4 Å². The summed E-state index contributed by atoms with van der Waals surface area (Å²) in [6.45, 7) is -0.548. The number of terminal acetylenes is 1. The maximum Gasteiger partial charge on any atom is 0.459 e. The molecule has 1 aromatic carbocycles. The van der Waals surface area contributed by atoms with Crippen molar-refractivity contribution in [2.75, 3.05) is 13.2 Å². The lowest BCUT2D eigenvalue weighted by atomic mass is 10.1. The molecule has 0 radical (unpaired) electrons. The van der Waals surface area contributed by atoms with Crippen LogP contribution in [-0.4, -0.2) is 34.8 Å². The lowest BCUT2D eigenvalue weighted by Gasteiger charge is -2.22. The average molecular weight is 499 g/mol. The predicted octanol–water partition coefficient (Wildman–Crippen LogP) is 2.72. The van der Waals surface area contributed by atoms with E-state index in [2.05, 4.69) is 21.0 Å². The van der Waals surface area contributed by atoms with Crippen molar-refractivity contribution < 1.29 is 22.7 Å². The van der Waals surface area contributed by atoms with Crippen LogP contribution in [0.2, 0.25) is 5.02 Å². The zero-order valence-electron chi connectivity index (χ0n) is 16.8. The zero-order chi connectivity index (χ0) is 24.0. The molecule has 3 rings (SSSR count). The highest BCUT2D eigenvalue weighted by Crippen LogP contribution is 2.45. The van der Waals surface area contributed by atoms with Gasteiger partial charge in [0.25, 0.3) is 5.56 Å². The van der Waals surface area contributed by atoms with Crippen LogP contribution in [0.15, 0.2) is 45.2 Å².